The second-order valence-corrected chi connectivity index (χ2v) is 3.68. The van der Waals surface area contributed by atoms with Crippen LogP contribution in [0.4, 0.5) is 0 Å². The van der Waals surface area contributed by atoms with Gasteiger partial charge in [-0.15, -0.1) is 0 Å². The van der Waals surface area contributed by atoms with Gasteiger partial charge in [-0.25, -0.2) is 0 Å². The van der Waals surface area contributed by atoms with Crippen molar-refractivity contribution in [3.05, 3.63) is 0 Å². The maximum Gasteiger partial charge on any atom is 0.0101 e. The molecule has 0 aliphatic rings. The molecule has 3 nitrogen and oxygen atoms in total. The minimum absolute atomic E-state index is 0.650. The van der Waals surface area contributed by atoms with E-state index in [1.165, 1.54) is 6.42 Å². The SMILES string of the molecule is CC(CN)CCNCCN(C)C. The molecule has 1 unspecified atom stereocenters. The zero-order valence-corrected chi connectivity index (χ0v) is 8.64. The minimum atomic E-state index is 0.650. The van der Waals surface area contributed by atoms with Crippen molar-refractivity contribution in [2.24, 2.45) is 11.7 Å². The van der Waals surface area contributed by atoms with Crippen molar-refractivity contribution in [2.45, 2.75) is 13.3 Å². The van der Waals surface area contributed by atoms with Crippen molar-refractivity contribution in [3.63, 3.8) is 0 Å². The molecule has 0 spiro atoms. The van der Waals surface area contributed by atoms with Crippen LogP contribution in [0, 0.1) is 5.92 Å². The molecular formula is C9H23N3. The molecule has 3 N–H and O–H groups in total. The molecule has 0 radical (unpaired) electrons. The summed E-state index contributed by atoms with van der Waals surface area (Å²) in [6.07, 6.45) is 1.18. The van der Waals surface area contributed by atoms with Crippen molar-refractivity contribution in [1.82, 2.24) is 10.2 Å². The Balaban J connectivity index is 3.00. The van der Waals surface area contributed by atoms with Crippen LogP contribution in [0.25, 0.3) is 0 Å². The van der Waals surface area contributed by atoms with E-state index in [1.807, 2.05) is 0 Å². The van der Waals surface area contributed by atoms with Crippen LogP contribution in [-0.2, 0) is 0 Å². The number of nitrogens with one attached hydrogen (secondary N) is 1. The van der Waals surface area contributed by atoms with Crippen LogP contribution >= 0.6 is 0 Å². The van der Waals surface area contributed by atoms with Crippen LogP contribution in [0.15, 0.2) is 0 Å². The van der Waals surface area contributed by atoms with E-state index >= 15 is 0 Å². The van der Waals surface area contributed by atoms with Gasteiger partial charge in [0.25, 0.3) is 0 Å². The van der Waals surface area contributed by atoms with Gasteiger partial charge in [-0.2, -0.15) is 0 Å². The molecule has 0 aromatic rings. The summed E-state index contributed by atoms with van der Waals surface area (Å²) in [5.41, 5.74) is 5.50. The molecule has 0 aromatic heterocycles. The molecule has 0 saturated carbocycles. The van der Waals surface area contributed by atoms with Crippen molar-refractivity contribution in [1.29, 1.82) is 0 Å². The molecule has 0 aromatic carbocycles. The maximum absolute atomic E-state index is 5.50. The smallest absolute Gasteiger partial charge is 0.0101 e. The quantitative estimate of drug-likeness (QED) is 0.537. The second-order valence-electron chi connectivity index (χ2n) is 3.68. The highest BCUT2D eigenvalue weighted by atomic mass is 15.1. The number of nitrogens with zero attached hydrogens (tertiary/aromatic N) is 1. The summed E-state index contributed by atoms with van der Waals surface area (Å²) >= 11 is 0. The molecule has 0 rings (SSSR count). The van der Waals surface area contributed by atoms with Gasteiger partial charge in [-0.3, -0.25) is 0 Å². The lowest BCUT2D eigenvalue weighted by Crippen LogP contribution is -2.28. The van der Waals surface area contributed by atoms with Crippen molar-refractivity contribution in [3.8, 4) is 0 Å². The number of hydrogen-bond donors (Lipinski definition) is 2. The van der Waals surface area contributed by atoms with E-state index in [4.69, 9.17) is 5.73 Å². The van der Waals surface area contributed by atoms with Crippen LogP contribution in [0.3, 0.4) is 0 Å². The highest BCUT2D eigenvalue weighted by Crippen LogP contribution is 1.95. The first-order chi connectivity index (χ1) is 5.66. The first kappa shape index (κ1) is 11.9. The van der Waals surface area contributed by atoms with Gasteiger partial charge >= 0.3 is 0 Å². The van der Waals surface area contributed by atoms with E-state index in [9.17, 15) is 0 Å². The Kier molecular flexibility index (Phi) is 7.45. The molecule has 0 aliphatic heterocycles. The third-order valence-electron chi connectivity index (χ3n) is 1.95. The summed E-state index contributed by atoms with van der Waals surface area (Å²) in [6.45, 7) is 6.26. The van der Waals surface area contributed by atoms with Crippen molar-refractivity contribution < 1.29 is 0 Å². The fourth-order valence-electron chi connectivity index (χ4n) is 0.894. The van der Waals surface area contributed by atoms with Gasteiger partial charge in [0, 0.05) is 13.1 Å². The number of likely N-dealkylation sites (N-methyl/N-ethyl adjacent to an activating group) is 1. The molecule has 0 amide bonds. The molecule has 0 bridgehead atoms. The lowest BCUT2D eigenvalue weighted by Gasteiger charge is -2.12. The average molecular weight is 173 g/mol. The molecular weight excluding hydrogens is 150 g/mol. The zero-order valence-electron chi connectivity index (χ0n) is 8.64. The van der Waals surface area contributed by atoms with Gasteiger partial charge in [-0.05, 0) is 39.5 Å². The topological polar surface area (TPSA) is 41.3 Å². The molecule has 0 saturated heterocycles. The predicted molar refractivity (Wildman–Crippen MR) is 54.3 cm³/mol. The summed E-state index contributed by atoms with van der Waals surface area (Å²) in [4.78, 5) is 2.18. The van der Waals surface area contributed by atoms with Crippen LogP contribution in [0.5, 0.6) is 0 Å². The summed E-state index contributed by atoms with van der Waals surface area (Å²) in [5.74, 6) is 0.650. The molecule has 1 atom stereocenters. The van der Waals surface area contributed by atoms with Crippen LogP contribution in [-0.4, -0.2) is 45.2 Å². The van der Waals surface area contributed by atoms with E-state index in [1.54, 1.807) is 0 Å². The molecule has 3 heteroatoms. The van der Waals surface area contributed by atoms with E-state index in [2.05, 4.69) is 31.2 Å². The lowest BCUT2D eigenvalue weighted by molar-refractivity contribution is 0.394. The summed E-state index contributed by atoms with van der Waals surface area (Å²) in [5, 5.41) is 3.38. The number of hydrogen-bond acceptors (Lipinski definition) is 3. The largest absolute Gasteiger partial charge is 0.330 e. The fraction of sp³-hybridized carbons (Fsp3) is 1.00. The Hall–Kier alpha value is -0.120. The Bertz CT molecular complexity index is 93.8. The molecule has 74 valence electrons. The lowest BCUT2D eigenvalue weighted by atomic mass is 10.1. The highest BCUT2D eigenvalue weighted by molar-refractivity contribution is 4.56. The van der Waals surface area contributed by atoms with Gasteiger partial charge < -0.3 is 16.0 Å². The van der Waals surface area contributed by atoms with E-state index in [0.717, 1.165) is 26.2 Å². The third kappa shape index (κ3) is 7.98. The normalized spacial score (nSPS) is 13.8. The van der Waals surface area contributed by atoms with Gasteiger partial charge in [0.05, 0.1) is 0 Å². The van der Waals surface area contributed by atoms with Crippen LogP contribution < -0.4 is 11.1 Å². The van der Waals surface area contributed by atoms with Gasteiger partial charge in [0.2, 0.25) is 0 Å². The van der Waals surface area contributed by atoms with Gasteiger partial charge in [0.1, 0.15) is 0 Å². The minimum Gasteiger partial charge on any atom is -0.330 e. The highest BCUT2D eigenvalue weighted by Gasteiger charge is 1.97. The van der Waals surface area contributed by atoms with Crippen molar-refractivity contribution >= 4 is 0 Å². The Morgan fingerprint density at radius 2 is 2.00 bits per heavy atom. The standard InChI is InChI=1S/C9H23N3/c1-9(8-10)4-5-11-6-7-12(2)3/h9,11H,4-8,10H2,1-3H3. The van der Waals surface area contributed by atoms with E-state index < -0.39 is 0 Å². The van der Waals surface area contributed by atoms with E-state index in [-0.39, 0.29) is 0 Å². The summed E-state index contributed by atoms with van der Waals surface area (Å²) in [6, 6.07) is 0. The average Bonchev–Trinajstić information content (AvgIpc) is 2.03. The predicted octanol–water partition coefficient (Wildman–Crippen LogP) is 0.123. The molecule has 0 fully saturated rings. The monoisotopic (exact) mass is 173 g/mol. The van der Waals surface area contributed by atoms with Gasteiger partial charge in [-0.1, -0.05) is 6.92 Å². The molecule has 0 heterocycles. The van der Waals surface area contributed by atoms with E-state index in [0.29, 0.717) is 5.92 Å². The second kappa shape index (κ2) is 7.53. The summed E-state index contributed by atoms with van der Waals surface area (Å²) < 4.78 is 0. The summed E-state index contributed by atoms with van der Waals surface area (Å²) in [7, 11) is 4.17. The third-order valence-corrected chi connectivity index (χ3v) is 1.95. The zero-order chi connectivity index (χ0) is 9.40. The fourth-order valence-corrected chi connectivity index (χ4v) is 0.894. The Morgan fingerprint density at radius 3 is 2.50 bits per heavy atom. The first-order valence-electron chi connectivity index (χ1n) is 4.72. The molecule has 0 aliphatic carbocycles. The number of rotatable bonds is 7. The van der Waals surface area contributed by atoms with Gasteiger partial charge in [0.15, 0.2) is 0 Å². The van der Waals surface area contributed by atoms with Crippen LogP contribution in [0.2, 0.25) is 0 Å². The Labute approximate surface area is 76.3 Å². The number of nitrogens with two attached hydrogens (primary N) is 1. The molecule has 12 heavy (non-hydrogen) atoms. The first-order valence-corrected chi connectivity index (χ1v) is 4.72. The van der Waals surface area contributed by atoms with Crippen LogP contribution in [0.1, 0.15) is 13.3 Å². The van der Waals surface area contributed by atoms with Crippen molar-refractivity contribution in [2.75, 3.05) is 40.3 Å². The maximum atomic E-state index is 5.50. The Morgan fingerprint density at radius 1 is 1.33 bits per heavy atom.